The van der Waals surface area contributed by atoms with Gasteiger partial charge in [-0.25, -0.2) is 23.4 Å². The topological polar surface area (TPSA) is 158 Å². The van der Waals surface area contributed by atoms with Gasteiger partial charge in [0.1, 0.15) is 22.6 Å². The lowest BCUT2D eigenvalue weighted by Gasteiger charge is -2.29. The van der Waals surface area contributed by atoms with Gasteiger partial charge in [-0.2, -0.15) is 0 Å². The second kappa shape index (κ2) is 17.4. The number of aryl methyl sites for hydroxylation is 1. The Balaban J connectivity index is 1.15. The first-order chi connectivity index (χ1) is 29.5. The van der Waals surface area contributed by atoms with Crippen molar-refractivity contribution in [1.29, 1.82) is 0 Å². The van der Waals surface area contributed by atoms with Crippen LogP contribution in [0, 0.1) is 24.2 Å². The highest BCUT2D eigenvalue weighted by molar-refractivity contribution is 7.90. The molecule has 5 heterocycles. The van der Waals surface area contributed by atoms with Crippen molar-refractivity contribution in [3.63, 3.8) is 0 Å². The molecule has 0 spiro atoms. The maximum absolute atomic E-state index is 15.1. The van der Waals surface area contributed by atoms with Crippen LogP contribution in [-0.2, 0) is 36.2 Å². The molecule has 2 amide bonds. The van der Waals surface area contributed by atoms with Crippen molar-refractivity contribution in [2.24, 2.45) is 17.3 Å². The molecule has 1 saturated heterocycles. The summed E-state index contributed by atoms with van der Waals surface area (Å²) >= 11 is 3.09. The number of sulfonamides is 1. The molecule has 2 aliphatic heterocycles. The summed E-state index contributed by atoms with van der Waals surface area (Å²) in [6, 6.07) is 4.94. The Kier molecular flexibility index (Phi) is 12.5. The molecule has 0 unspecified atom stereocenters. The van der Waals surface area contributed by atoms with E-state index in [1.165, 1.54) is 11.3 Å². The van der Waals surface area contributed by atoms with Gasteiger partial charge in [0.25, 0.3) is 0 Å². The van der Waals surface area contributed by atoms with Crippen LogP contribution in [0.2, 0.25) is 0 Å². The van der Waals surface area contributed by atoms with Crippen molar-refractivity contribution in [3.05, 3.63) is 63.1 Å². The molecule has 62 heavy (non-hydrogen) atoms. The Morgan fingerprint density at radius 1 is 1.03 bits per heavy atom. The number of Topliss-reactive ketones (excluding diaryl/α,β-unsaturated/α-hetero) is 1. The van der Waals surface area contributed by atoms with Crippen LogP contribution in [0.5, 0.6) is 11.6 Å². The van der Waals surface area contributed by atoms with Gasteiger partial charge in [-0.05, 0) is 86.4 Å². The largest absolute Gasteiger partial charge is 0.496 e. The van der Waals surface area contributed by atoms with Crippen LogP contribution in [0.1, 0.15) is 127 Å². The predicted octanol–water partition coefficient (Wildman–Crippen LogP) is 8.85. The number of amides is 2. The van der Waals surface area contributed by atoms with Gasteiger partial charge in [0.15, 0.2) is 5.78 Å². The average molecular weight is 902 g/mol. The summed E-state index contributed by atoms with van der Waals surface area (Å²) < 4.78 is 41.0. The van der Waals surface area contributed by atoms with Gasteiger partial charge in [0.05, 0.1) is 46.8 Å². The Hall–Kier alpha value is -4.21. The lowest BCUT2D eigenvalue weighted by Crippen LogP contribution is -2.46. The lowest BCUT2D eigenvalue weighted by molar-refractivity contribution is -0.142. The summed E-state index contributed by atoms with van der Waals surface area (Å²) in [7, 11) is -2.20. The Morgan fingerprint density at radius 3 is 2.52 bits per heavy atom. The number of ketones is 1. The zero-order valence-corrected chi connectivity index (χ0v) is 39.3. The van der Waals surface area contributed by atoms with E-state index in [0.717, 1.165) is 69.2 Å². The molecule has 4 aliphatic rings. The zero-order valence-electron chi connectivity index (χ0n) is 36.9. The molecule has 3 fully saturated rings. The zero-order chi connectivity index (χ0) is 44.1. The second-order valence-electron chi connectivity index (χ2n) is 19.1. The fourth-order valence-corrected chi connectivity index (χ4v) is 12.4. The summed E-state index contributed by atoms with van der Waals surface area (Å²) in [6.07, 6.45) is 9.43. The molecular formula is C47H59N5O7S3. The fraction of sp³-hybridized carbons (Fsp3) is 0.574. The number of nitrogens with one attached hydrogen (secondary N) is 1. The standard InChI is InChI=1S/C47H59N5O7S3/c1-27(2)36-25-61-43(49-36)35-21-34-28(3)39(58-7)18-17-33(34)42(48-35)59-31-20-37-38(53)23-47(45(55)51-62(56,57)32-15-16-32)22-30(47)14-12-10-8-9-11-13-29(44(54)52(37)24-31)19-41-50-40(26-60-41)46(4,5)6/h12,14,17-18,21,25-27,29-32,37H,8-11,13,15-16,19-20,22-24H2,1-7H3,(H,51,55)/b14-12-/t29-,30+,31-,37+,47-/m1/s1. The Bertz CT molecular complexity index is 2500. The number of fused-ring (bicyclic) bond motifs is 3. The van der Waals surface area contributed by atoms with E-state index in [9.17, 15) is 18.0 Å². The van der Waals surface area contributed by atoms with E-state index in [4.69, 9.17) is 24.4 Å². The highest BCUT2D eigenvalue weighted by Crippen LogP contribution is 2.57. The number of carbonyl (C=O) groups excluding carboxylic acids is 3. The molecule has 15 heteroatoms. The van der Waals surface area contributed by atoms with Crippen LogP contribution in [0.25, 0.3) is 21.5 Å². The maximum Gasteiger partial charge on any atom is 0.240 e. The summed E-state index contributed by atoms with van der Waals surface area (Å²) in [5.41, 5.74) is 2.18. The first kappa shape index (κ1) is 44.4. The average Bonchev–Trinajstić information content (AvgIpc) is 3.99. The van der Waals surface area contributed by atoms with E-state index < -0.39 is 44.7 Å². The van der Waals surface area contributed by atoms with E-state index in [1.54, 1.807) is 23.3 Å². The third kappa shape index (κ3) is 9.22. The predicted molar refractivity (Wildman–Crippen MR) is 243 cm³/mol. The summed E-state index contributed by atoms with van der Waals surface area (Å²) in [5.74, 6) is -0.386. The summed E-state index contributed by atoms with van der Waals surface area (Å²) in [4.78, 5) is 60.6. The molecule has 2 saturated carbocycles. The number of rotatable bonds is 10. The Labute approximate surface area is 373 Å². The first-order valence-electron chi connectivity index (χ1n) is 22.1. The normalized spacial score (nSPS) is 25.5. The molecule has 332 valence electrons. The number of pyridine rings is 1. The minimum atomic E-state index is -3.84. The fourth-order valence-electron chi connectivity index (χ4n) is 8.95. The van der Waals surface area contributed by atoms with Gasteiger partial charge in [0.2, 0.25) is 27.7 Å². The minimum absolute atomic E-state index is 0.131. The SMILES string of the molecule is COc1ccc2c(O[C@@H]3C[C@H]4C(=O)C[C@]5(C(=O)NS(=O)(=O)C6CC6)C[C@@H]5/C=C\CCCCC[C@H](Cc5nc(C(C)(C)C)cs5)C(=O)N4C3)nc(-c3nc(C(C)C)cs3)cc2c1C. The molecule has 1 N–H and O–H groups in total. The van der Waals surface area contributed by atoms with Crippen LogP contribution in [-0.4, -0.2) is 76.9 Å². The molecule has 8 rings (SSSR count). The lowest BCUT2D eigenvalue weighted by atomic mass is 9.90. The minimum Gasteiger partial charge on any atom is -0.496 e. The van der Waals surface area contributed by atoms with Gasteiger partial charge in [0, 0.05) is 46.7 Å². The van der Waals surface area contributed by atoms with Crippen LogP contribution >= 0.6 is 22.7 Å². The van der Waals surface area contributed by atoms with Gasteiger partial charge < -0.3 is 14.4 Å². The van der Waals surface area contributed by atoms with Gasteiger partial charge >= 0.3 is 0 Å². The number of nitrogens with zero attached hydrogens (tertiary/aromatic N) is 4. The smallest absolute Gasteiger partial charge is 0.240 e. The molecule has 2 aliphatic carbocycles. The van der Waals surface area contributed by atoms with Crippen molar-refractivity contribution < 1.29 is 32.3 Å². The third-order valence-corrected chi connectivity index (χ3v) is 16.7. The summed E-state index contributed by atoms with van der Waals surface area (Å²) in [5, 5.41) is 6.85. The van der Waals surface area contributed by atoms with Crippen molar-refractivity contribution >= 4 is 61.1 Å². The molecule has 5 atom stereocenters. The van der Waals surface area contributed by atoms with Gasteiger partial charge in [-0.3, -0.25) is 19.1 Å². The van der Waals surface area contributed by atoms with E-state index in [0.29, 0.717) is 43.7 Å². The number of ether oxygens (including phenoxy) is 2. The number of methoxy groups -OCH3 is 1. The van der Waals surface area contributed by atoms with E-state index in [2.05, 4.69) is 50.8 Å². The molecule has 3 aromatic heterocycles. The quantitative estimate of drug-likeness (QED) is 0.153. The Morgan fingerprint density at radius 2 is 1.82 bits per heavy atom. The molecule has 4 aromatic rings. The number of hydrogen-bond acceptors (Lipinski definition) is 12. The van der Waals surface area contributed by atoms with E-state index >= 15 is 4.79 Å². The van der Waals surface area contributed by atoms with Crippen molar-refractivity contribution in [1.82, 2.24) is 24.6 Å². The highest BCUT2D eigenvalue weighted by atomic mass is 32.2. The van der Waals surface area contributed by atoms with Crippen LogP contribution < -0.4 is 14.2 Å². The van der Waals surface area contributed by atoms with Crippen LogP contribution in [0.3, 0.4) is 0 Å². The first-order valence-corrected chi connectivity index (χ1v) is 25.4. The van der Waals surface area contributed by atoms with Gasteiger partial charge in [-0.15, -0.1) is 22.7 Å². The highest BCUT2D eigenvalue weighted by Gasteiger charge is 2.61. The van der Waals surface area contributed by atoms with E-state index in [1.807, 2.05) is 36.6 Å². The van der Waals surface area contributed by atoms with E-state index in [-0.39, 0.29) is 48.3 Å². The van der Waals surface area contributed by atoms with Gasteiger partial charge in [-0.1, -0.05) is 59.6 Å². The number of thiazole rings is 2. The van der Waals surface area contributed by atoms with Crippen molar-refractivity contribution in [3.8, 4) is 22.3 Å². The van der Waals surface area contributed by atoms with Crippen LogP contribution in [0.4, 0.5) is 0 Å². The molecule has 0 bridgehead atoms. The second-order valence-corrected chi connectivity index (χ2v) is 22.9. The van der Waals surface area contributed by atoms with Crippen molar-refractivity contribution in [2.75, 3.05) is 13.7 Å². The number of carbonyl (C=O) groups is 3. The molecular weight excluding hydrogens is 843 g/mol. The molecule has 12 nitrogen and oxygen atoms in total. The maximum atomic E-state index is 15.1. The van der Waals surface area contributed by atoms with Crippen molar-refractivity contribution in [2.45, 2.75) is 141 Å². The molecule has 0 radical (unpaired) electrons. The summed E-state index contributed by atoms with van der Waals surface area (Å²) in [6.45, 7) is 12.7. The third-order valence-electron chi connectivity index (χ3n) is 13.1. The number of aromatic nitrogens is 3. The molecule has 1 aromatic carbocycles. The monoisotopic (exact) mass is 901 g/mol. The number of benzene rings is 1. The number of allylic oxidation sites excluding steroid dienone is 2. The number of hydrogen-bond donors (Lipinski definition) is 1. The van der Waals surface area contributed by atoms with Crippen LogP contribution in [0.15, 0.2) is 41.1 Å².